The number of hydrogen-bond acceptors (Lipinski definition) is 5. The van der Waals surface area contributed by atoms with Crippen LogP contribution in [0, 0.1) is 0 Å². The van der Waals surface area contributed by atoms with E-state index >= 15 is 0 Å². The molecule has 1 amide bonds. The van der Waals surface area contributed by atoms with Gasteiger partial charge in [-0.3, -0.25) is 4.79 Å². The maximum Gasteiger partial charge on any atom is 0.257 e. The first-order valence-electron chi connectivity index (χ1n) is 12.8. The van der Waals surface area contributed by atoms with Crippen molar-refractivity contribution in [2.24, 2.45) is 4.99 Å². The van der Waals surface area contributed by atoms with Gasteiger partial charge in [-0.15, -0.1) is 0 Å². The number of nitrogens with one attached hydrogen (secondary N) is 1. The lowest BCUT2D eigenvalue weighted by molar-refractivity contribution is -0.124. The van der Waals surface area contributed by atoms with E-state index in [-0.39, 0.29) is 12.5 Å². The zero-order chi connectivity index (χ0) is 26.0. The normalized spacial score (nSPS) is 19.9. The van der Waals surface area contributed by atoms with Gasteiger partial charge in [0.25, 0.3) is 5.91 Å². The molecule has 6 nitrogen and oxygen atoms in total. The van der Waals surface area contributed by atoms with Crippen molar-refractivity contribution in [1.82, 2.24) is 0 Å². The molecular weight excluding hydrogens is 476 g/mol. The largest absolute Gasteiger partial charge is 0.494 e. The molecule has 0 unspecified atom stereocenters. The Kier molecular flexibility index (Phi) is 6.40. The van der Waals surface area contributed by atoms with Gasteiger partial charge in [0.1, 0.15) is 5.75 Å². The van der Waals surface area contributed by atoms with Crippen molar-refractivity contribution in [3.63, 3.8) is 0 Å². The average molecular weight is 505 g/mol. The van der Waals surface area contributed by atoms with Crippen LogP contribution in [-0.2, 0) is 16.0 Å². The second-order valence-electron chi connectivity index (χ2n) is 9.57. The molecule has 0 fully saturated rings. The molecule has 0 radical (unpaired) electrons. The number of hydrogen-bond donors (Lipinski definition) is 2. The second-order valence-corrected chi connectivity index (χ2v) is 9.57. The molecule has 2 aliphatic rings. The Labute approximate surface area is 221 Å². The molecule has 190 valence electrons. The fraction of sp³-hybridized carbons (Fsp3) is 0.188. The SMILES string of the molecule is O=C1Nc2ccccc2C[C@]12N=C(c1ccc(OCCCO)cc1)O[C@@H]2c1ccc(-c2ccccc2)cc1. The molecule has 0 saturated heterocycles. The van der Waals surface area contributed by atoms with E-state index in [9.17, 15) is 4.79 Å². The van der Waals surface area contributed by atoms with Gasteiger partial charge < -0.3 is 19.9 Å². The van der Waals surface area contributed by atoms with Crippen LogP contribution in [0.25, 0.3) is 11.1 Å². The number of carbonyl (C=O) groups excluding carboxylic acids is 1. The van der Waals surface area contributed by atoms with Crippen molar-refractivity contribution >= 4 is 17.5 Å². The topological polar surface area (TPSA) is 80.2 Å². The van der Waals surface area contributed by atoms with Crippen molar-refractivity contribution in [1.29, 1.82) is 0 Å². The third-order valence-corrected chi connectivity index (χ3v) is 7.08. The van der Waals surface area contributed by atoms with Crippen LogP contribution >= 0.6 is 0 Å². The Morgan fingerprint density at radius 3 is 2.32 bits per heavy atom. The first-order valence-corrected chi connectivity index (χ1v) is 12.8. The smallest absolute Gasteiger partial charge is 0.257 e. The molecule has 4 aromatic carbocycles. The fourth-order valence-electron chi connectivity index (χ4n) is 5.08. The third-order valence-electron chi connectivity index (χ3n) is 7.08. The minimum Gasteiger partial charge on any atom is -0.494 e. The van der Waals surface area contributed by atoms with Crippen LogP contribution < -0.4 is 10.1 Å². The Morgan fingerprint density at radius 1 is 0.868 bits per heavy atom. The summed E-state index contributed by atoms with van der Waals surface area (Å²) in [6.45, 7) is 0.529. The van der Waals surface area contributed by atoms with E-state index in [1.807, 2.05) is 78.9 Å². The highest BCUT2D eigenvalue weighted by atomic mass is 16.5. The molecule has 2 aliphatic heterocycles. The summed E-state index contributed by atoms with van der Waals surface area (Å²) in [5.41, 5.74) is 4.60. The maximum atomic E-state index is 13.7. The van der Waals surface area contributed by atoms with Crippen molar-refractivity contribution in [3.05, 3.63) is 120 Å². The Morgan fingerprint density at radius 2 is 1.55 bits per heavy atom. The van der Waals surface area contributed by atoms with Gasteiger partial charge >= 0.3 is 0 Å². The quantitative estimate of drug-likeness (QED) is 0.323. The zero-order valence-electron chi connectivity index (χ0n) is 20.8. The van der Waals surface area contributed by atoms with E-state index in [4.69, 9.17) is 19.6 Å². The van der Waals surface area contributed by atoms with Crippen LogP contribution in [-0.4, -0.2) is 35.7 Å². The van der Waals surface area contributed by atoms with E-state index in [2.05, 4.69) is 29.6 Å². The van der Waals surface area contributed by atoms with Gasteiger partial charge in [-0.25, -0.2) is 4.99 Å². The van der Waals surface area contributed by atoms with Gasteiger partial charge in [0.05, 0.1) is 6.61 Å². The van der Waals surface area contributed by atoms with Crippen LogP contribution in [0.4, 0.5) is 5.69 Å². The first kappa shape index (κ1) is 23.9. The summed E-state index contributed by atoms with van der Waals surface area (Å²) in [7, 11) is 0. The second kappa shape index (κ2) is 10.1. The highest BCUT2D eigenvalue weighted by molar-refractivity contribution is 6.07. The number of rotatable bonds is 7. The first-order chi connectivity index (χ1) is 18.7. The number of aliphatic hydroxyl groups excluding tert-OH is 1. The van der Waals surface area contributed by atoms with E-state index < -0.39 is 11.6 Å². The third kappa shape index (κ3) is 4.44. The van der Waals surface area contributed by atoms with E-state index in [1.165, 1.54) is 0 Å². The Hall–Kier alpha value is -4.42. The highest BCUT2D eigenvalue weighted by Gasteiger charge is 2.55. The van der Waals surface area contributed by atoms with E-state index in [0.29, 0.717) is 31.1 Å². The maximum absolute atomic E-state index is 13.7. The van der Waals surface area contributed by atoms with Crippen LogP contribution in [0.3, 0.4) is 0 Å². The van der Waals surface area contributed by atoms with Crippen LogP contribution in [0.15, 0.2) is 108 Å². The van der Waals surface area contributed by atoms with Crippen LogP contribution in [0.1, 0.15) is 29.2 Å². The summed E-state index contributed by atoms with van der Waals surface area (Å²) >= 11 is 0. The van der Waals surface area contributed by atoms with Gasteiger partial charge in [-0.1, -0.05) is 72.8 Å². The van der Waals surface area contributed by atoms with Gasteiger partial charge in [0.15, 0.2) is 11.6 Å². The number of aliphatic hydroxyl groups is 1. The van der Waals surface area contributed by atoms with Crippen LogP contribution in [0.2, 0.25) is 0 Å². The van der Waals surface area contributed by atoms with Gasteiger partial charge in [0.2, 0.25) is 5.90 Å². The highest BCUT2D eigenvalue weighted by Crippen LogP contribution is 2.46. The predicted molar refractivity (Wildman–Crippen MR) is 147 cm³/mol. The van der Waals surface area contributed by atoms with Crippen molar-refractivity contribution in [2.45, 2.75) is 24.5 Å². The fourth-order valence-corrected chi connectivity index (χ4v) is 5.08. The molecule has 2 heterocycles. The molecule has 0 bridgehead atoms. The molecule has 1 spiro atoms. The number of nitrogens with zero attached hydrogens (tertiary/aromatic N) is 1. The van der Waals surface area contributed by atoms with E-state index in [1.54, 1.807) is 0 Å². The predicted octanol–water partition coefficient (Wildman–Crippen LogP) is 5.57. The van der Waals surface area contributed by atoms with E-state index in [0.717, 1.165) is 33.5 Å². The number of aliphatic imine (C=N–C) groups is 1. The molecule has 6 heteroatoms. The number of para-hydroxylation sites is 1. The van der Waals surface area contributed by atoms with Crippen molar-refractivity contribution in [3.8, 4) is 16.9 Å². The molecular formula is C32H28N2O4. The lowest BCUT2D eigenvalue weighted by Gasteiger charge is -2.35. The molecule has 2 N–H and O–H groups in total. The molecule has 0 saturated carbocycles. The van der Waals surface area contributed by atoms with Crippen LogP contribution in [0.5, 0.6) is 5.75 Å². The Bertz CT molecular complexity index is 1470. The van der Waals surface area contributed by atoms with Crippen molar-refractivity contribution in [2.75, 3.05) is 18.5 Å². The van der Waals surface area contributed by atoms with Gasteiger partial charge in [-0.05, 0) is 52.6 Å². The molecule has 2 atom stereocenters. The number of anilines is 1. The summed E-state index contributed by atoms with van der Waals surface area (Å²) < 4.78 is 12.2. The van der Waals surface area contributed by atoms with Gasteiger partial charge in [-0.2, -0.15) is 0 Å². The van der Waals surface area contributed by atoms with Gasteiger partial charge in [0, 0.05) is 30.7 Å². The summed E-state index contributed by atoms with van der Waals surface area (Å²) in [4.78, 5) is 18.7. The molecule has 6 rings (SSSR count). The molecule has 0 aliphatic carbocycles. The summed E-state index contributed by atoms with van der Waals surface area (Å²) in [6, 6.07) is 33.7. The lowest BCUT2D eigenvalue weighted by atomic mass is 9.79. The molecule has 0 aromatic heterocycles. The summed E-state index contributed by atoms with van der Waals surface area (Å²) in [5.74, 6) is 0.957. The van der Waals surface area contributed by atoms with Crippen molar-refractivity contribution < 1.29 is 19.4 Å². The lowest BCUT2D eigenvalue weighted by Crippen LogP contribution is -2.49. The summed E-state index contributed by atoms with van der Waals surface area (Å²) in [5, 5.41) is 12.1. The minimum atomic E-state index is -1.13. The monoisotopic (exact) mass is 504 g/mol. The summed E-state index contributed by atoms with van der Waals surface area (Å²) in [6.07, 6.45) is 0.420. The number of carbonyl (C=O) groups is 1. The number of ether oxygens (including phenoxy) is 2. The number of amides is 1. The molecule has 4 aromatic rings. The standard InChI is InChI=1S/C32H28N2O4/c35-19-6-20-37-27-17-15-25(16-18-27)30-34-32(21-26-9-4-5-10-28(26)33-31(32)36)29(38-30)24-13-11-23(12-14-24)22-7-2-1-3-8-22/h1-5,7-18,29,35H,6,19-21H2,(H,33,36)/t29-,32-/m1/s1. The molecule has 38 heavy (non-hydrogen) atoms. The Balaban J connectivity index is 1.35. The number of benzene rings is 4. The minimum absolute atomic E-state index is 0.0870. The zero-order valence-corrected chi connectivity index (χ0v) is 20.8. The number of fused-ring (bicyclic) bond motifs is 1. The average Bonchev–Trinajstić information content (AvgIpc) is 3.35.